The molecule has 0 saturated heterocycles. The number of H-pyrrole nitrogens is 1. The molecule has 0 unspecified atom stereocenters. The predicted molar refractivity (Wildman–Crippen MR) is 68.0 cm³/mol. The van der Waals surface area contributed by atoms with E-state index in [0.29, 0.717) is 5.69 Å². The molecule has 1 aromatic carbocycles. The molecule has 4 heteroatoms. The molecule has 88 valence electrons. The molecule has 1 amide bonds. The van der Waals surface area contributed by atoms with Crippen LogP contribution in [0.5, 0.6) is 0 Å². The summed E-state index contributed by atoms with van der Waals surface area (Å²) < 4.78 is 0. The van der Waals surface area contributed by atoms with Gasteiger partial charge in [-0.25, -0.2) is 0 Å². The van der Waals surface area contributed by atoms with Crippen molar-refractivity contribution >= 4 is 11.6 Å². The minimum Gasteiger partial charge on any atom is -0.357 e. The monoisotopic (exact) mass is 229 g/mol. The van der Waals surface area contributed by atoms with Crippen molar-refractivity contribution < 1.29 is 4.79 Å². The molecule has 2 rings (SSSR count). The minimum atomic E-state index is -0.128. The lowest BCUT2D eigenvalue weighted by atomic mass is 10.2. The van der Waals surface area contributed by atoms with E-state index >= 15 is 0 Å². The average molecular weight is 229 g/mol. The Morgan fingerprint density at radius 1 is 1.29 bits per heavy atom. The fourth-order valence-electron chi connectivity index (χ4n) is 1.63. The van der Waals surface area contributed by atoms with Crippen molar-refractivity contribution in [3.63, 3.8) is 0 Å². The van der Waals surface area contributed by atoms with Crippen molar-refractivity contribution in [3.8, 4) is 0 Å². The maximum absolute atomic E-state index is 11.8. The van der Waals surface area contributed by atoms with Crippen LogP contribution >= 0.6 is 0 Å². The lowest BCUT2D eigenvalue weighted by Crippen LogP contribution is -2.12. The Balaban J connectivity index is 2.08. The lowest BCUT2D eigenvalue weighted by Gasteiger charge is -2.06. The largest absolute Gasteiger partial charge is 0.357 e. The number of amides is 1. The molecule has 0 saturated carbocycles. The van der Waals surface area contributed by atoms with Crippen LogP contribution in [0, 0.1) is 0 Å². The van der Waals surface area contributed by atoms with E-state index < -0.39 is 0 Å². The molecule has 4 nitrogen and oxygen atoms in total. The normalized spacial score (nSPS) is 10.2. The zero-order chi connectivity index (χ0) is 12.1. The number of aromatic amines is 1. The van der Waals surface area contributed by atoms with E-state index in [1.54, 1.807) is 18.3 Å². The topological polar surface area (TPSA) is 56.9 Å². The van der Waals surface area contributed by atoms with Crippen molar-refractivity contribution in [2.75, 3.05) is 12.4 Å². The molecule has 0 aliphatic rings. The number of hydrogen-bond donors (Lipinski definition) is 3. The van der Waals surface area contributed by atoms with Gasteiger partial charge in [-0.2, -0.15) is 0 Å². The second-order valence-corrected chi connectivity index (χ2v) is 3.77. The summed E-state index contributed by atoms with van der Waals surface area (Å²) in [6, 6.07) is 11.3. The van der Waals surface area contributed by atoms with Crippen LogP contribution in [0.2, 0.25) is 0 Å². The molecule has 0 bridgehead atoms. The molecule has 0 aliphatic carbocycles. The second kappa shape index (κ2) is 5.32. The zero-order valence-corrected chi connectivity index (χ0v) is 9.66. The number of carbonyl (C=O) groups is 1. The van der Waals surface area contributed by atoms with E-state index in [-0.39, 0.29) is 5.91 Å². The standard InChI is InChI=1S/C13H15N3O/c1-14-9-10-4-2-5-11(8-10)16-13(17)12-6-3-7-15-12/h2-8,14-15H,9H2,1H3,(H,16,17). The van der Waals surface area contributed by atoms with E-state index in [4.69, 9.17) is 0 Å². The van der Waals surface area contributed by atoms with E-state index in [0.717, 1.165) is 17.8 Å². The molecule has 0 spiro atoms. The molecule has 0 radical (unpaired) electrons. The van der Waals surface area contributed by atoms with E-state index in [9.17, 15) is 4.79 Å². The van der Waals surface area contributed by atoms with Gasteiger partial charge in [0.05, 0.1) is 0 Å². The molecule has 0 fully saturated rings. The van der Waals surface area contributed by atoms with Crippen LogP contribution in [-0.4, -0.2) is 17.9 Å². The van der Waals surface area contributed by atoms with Crippen LogP contribution < -0.4 is 10.6 Å². The van der Waals surface area contributed by atoms with Crippen molar-refractivity contribution in [2.45, 2.75) is 6.54 Å². The highest BCUT2D eigenvalue weighted by Gasteiger charge is 2.06. The van der Waals surface area contributed by atoms with Crippen LogP contribution in [0.25, 0.3) is 0 Å². The second-order valence-electron chi connectivity index (χ2n) is 3.77. The van der Waals surface area contributed by atoms with Gasteiger partial charge in [-0.05, 0) is 36.9 Å². The highest BCUT2D eigenvalue weighted by molar-refractivity contribution is 6.02. The van der Waals surface area contributed by atoms with Crippen molar-refractivity contribution in [1.29, 1.82) is 0 Å². The van der Waals surface area contributed by atoms with Gasteiger partial charge in [0, 0.05) is 18.4 Å². The molecule has 0 atom stereocenters. The SMILES string of the molecule is CNCc1cccc(NC(=O)c2ccc[nH]2)c1. The van der Waals surface area contributed by atoms with E-state index in [1.165, 1.54) is 0 Å². The summed E-state index contributed by atoms with van der Waals surface area (Å²) in [4.78, 5) is 14.7. The average Bonchev–Trinajstić information content (AvgIpc) is 2.83. The Labute approximate surface area is 100 Å². The van der Waals surface area contributed by atoms with Crippen LogP contribution in [0.3, 0.4) is 0 Å². The van der Waals surface area contributed by atoms with Crippen molar-refractivity contribution in [3.05, 3.63) is 53.9 Å². The number of aromatic nitrogens is 1. The van der Waals surface area contributed by atoms with Gasteiger partial charge in [-0.1, -0.05) is 12.1 Å². The van der Waals surface area contributed by atoms with E-state index in [2.05, 4.69) is 15.6 Å². The third kappa shape index (κ3) is 2.95. The molecule has 2 aromatic rings. The van der Waals surface area contributed by atoms with Gasteiger partial charge >= 0.3 is 0 Å². The van der Waals surface area contributed by atoms with Crippen LogP contribution in [0.1, 0.15) is 16.1 Å². The van der Waals surface area contributed by atoms with Gasteiger partial charge in [-0.3, -0.25) is 4.79 Å². The first-order chi connectivity index (χ1) is 8.29. The molecule has 0 aliphatic heterocycles. The first kappa shape index (κ1) is 11.4. The maximum Gasteiger partial charge on any atom is 0.272 e. The lowest BCUT2D eigenvalue weighted by molar-refractivity contribution is 0.102. The molecule has 17 heavy (non-hydrogen) atoms. The number of anilines is 1. The van der Waals surface area contributed by atoms with Crippen LogP contribution in [0.4, 0.5) is 5.69 Å². The van der Waals surface area contributed by atoms with Gasteiger partial charge in [0.1, 0.15) is 5.69 Å². The summed E-state index contributed by atoms with van der Waals surface area (Å²) in [7, 11) is 1.89. The minimum absolute atomic E-state index is 0.128. The molecular formula is C13H15N3O. The fraction of sp³-hybridized carbons (Fsp3) is 0.154. The summed E-state index contributed by atoms with van der Waals surface area (Å²) in [5.74, 6) is -0.128. The third-order valence-electron chi connectivity index (χ3n) is 2.41. The van der Waals surface area contributed by atoms with Crippen molar-refractivity contribution in [1.82, 2.24) is 10.3 Å². The maximum atomic E-state index is 11.8. The highest BCUT2D eigenvalue weighted by atomic mass is 16.1. The number of carbonyl (C=O) groups excluding carboxylic acids is 1. The summed E-state index contributed by atoms with van der Waals surface area (Å²) >= 11 is 0. The molecule has 1 aromatic heterocycles. The van der Waals surface area contributed by atoms with Crippen LogP contribution in [-0.2, 0) is 6.54 Å². The van der Waals surface area contributed by atoms with Crippen molar-refractivity contribution in [2.24, 2.45) is 0 Å². The number of rotatable bonds is 4. The van der Waals surface area contributed by atoms with Crippen LogP contribution in [0.15, 0.2) is 42.6 Å². The Morgan fingerprint density at radius 3 is 2.88 bits per heavy atom. The Hall–Kier alpha value is -2.07. The zero-order valence-electron chi connectivity index (χ0n) is 9.66. The van der Waals surface area contributed by atoms with Gasteiger partial charge < -0.3 is 15.6 Å². The third-order valence-corrected chi connectivity index (χ3v) is 2.41. The van der Waals surface area contributed by atoms with Gasteiger partial charge in [0.2, 0.25) is 0 Å². The van der Waals surface area contributed by atoms with Gasteiger partial charge in [0.15, 0.2) is 0 Å². The summed E-state index contributed by atoms with van der Waals surface area (Å²) in [5.41, 5.74) is 2.50. The van der Waals surface area contributed by atoms with E-state index in [1.807, 2.05) is 31.3 Å². The summed E-state index contributed by atoms with van der Waals surface area (Å²) in [6.45, 7) is 0.784. The number of nitrogens with one attached hydrogen (secondary N) is 3. The Bertz CT molecular complexity index is 491. The summed E-state index contributed by atoms with van der Waals surface area (Å²) in [6.07, 6.45) is 1.73. The first-order valence-electron chi connectivity index (χ1n) is 5.48. The number of benzene rings is 1. The summed E-state index contributed by atoms with van der Waals surface area (Å²) in [5, 5.41) is 5.92. The molecule has 3 N–H and O–H groups in total. The highest BCUT2D eigenvalue weighted by Crippen LogP contribution is 2.11. The Morgan fingerprint density at radius 2 is 2.18 bits per heavy atom. The first-order valence-corrected chi connectivity index (χ1v) is 5.48. The molecular weight excluding hydrogens is 214 g/mol. The quantitative estimate of drug-likeness (QED) is 0.751. The van der Waals surface area contributed by atoms with Gasteiger partial charge in [0.25, 0.3) is 5.91 Å². The number of hydrogen-bond acceptors (Lipinski definition) is 2. The van der Waals surface area contributed by atoms with Gasteiger partial charge in [-0.15, -0.1) is 0 Å². The smallest absolute Gasteiger partial charge is 0.272 e. The predicted octanol–water partition coefficient (Wildman–Crippen LogP) is 1.99. The fourth-order valence-corrected chi connectivity index (χ4v) is 1.63. The molecule has 1 heterocycles. The Kier molecular flexibility index (Phi) is 3.57.